The lowest BCUT2D eigenvalue weighted by Gasteiger charge is -2.16. The highest BCUT2D eigenvalue weighted by molar-refractivity contribution is 6.30. The first-order chi connectivity index (χ1) is 14.4. The van der Waals surface area contributed by atoms with E-state index in [1.54, 1.807) is 35.2 Å². The molecule has 1 aliphatic rings. The molecule has 2 amide bonds. The van der Waals surface area contributed by atoms with Gasteiger partial charge in [-0.1, -0.05) is 35.0 Å². The Morgan fingerprint density at radius 1 is 1.23 bits per heavy atom. The molecular weight excluding hydrogens is 404 g/mol. The van der Waals surface area contributed by atoms with Crippen LogP contribution in [0.3, 0.4) is 0 Å². The minimum absolute atomic E-state index is 0.0191. The molecule has 1 N–H and O–H groups in total. The molecule has 1 atom stereocenters. The molecule has 30 heavy (non-hydrogen) atoms. The molecule has 0 spiro atoms. The Labute approximate surface area is 179 Å². The standard InChI is InChI=1S/C22H21ClN4O3/c1-13(2)24-21(29)15-6-3-5-14(9-15)20-25-22(30-26-20)16-10-19(28)27(12-16)18-8-4-7-17(23)11-18/h3-9,11,13,16H,10,12H2,1-2H3,(H,24,29)/t16-/m0/s1. The van der Waals surface area contributed by atoms with Crippen molar-refractivity contribution in [3.63, 3.8) is 0 Å². The SMILES string of the molecule is CC(C)NC(=O)c1cccc(-c2noc([C@H]3CC(=O)N(c4cccc(Cl)c4)C3)n2)c1. The van der Waals surface area contributed by atoms with Crippen LogP contribution < -0.4 is 10.2 Å². The van der Waals surface area contributed by atoms with E-state index >= 15 is 0 Å². The van der Waals surface area contributed by atoms with E-state index in [-0.39, 0.29) is 30.2 Å². The molecule has 1 aromatic heterocycles. The summed E-state index contributed by atoms with van der Waals surface area (Å²) < 4.78 is 5.46. The first-order valence-corrected chi connectivity index (χ1v) is 10.1. The highest BCUT2D eigenvalue weighted by Crippen LogP contribution is 2.32. The summed E-state index contributed by atoms with van der Waals surface area (Å²) >= 11 is 6.05. The summed E-state index contributed by atoms with van der Waals surface area (Å²) in [6.45, 7) is 4.25. The summed E-state index contributed by atoms with van der Waals surface area (Å²) in [6.07, 6.45) is 0.283. The Morgan fingerprint density at radius 2 is 2.03 bits per heavy atom. The van der Waals surface area contributed by atoms with Crippen LogP contribution in [-0.4, -0.2) is 34.5 Å². The topological polar surface area (TPSA) is 88.3 Å². The van der Waals surface area contributed by atoms with Gasteiger partial charge in [-0.2, -0.15) is 4.98 Å². The number of benzene rings is 2. The maximum absolute atomic E-state index is 12.5. The van der Waals surface area contributed by atoms with E-state index in [1.807, 2.05) is 32.0 Å². The number of amides is 2. The van der Waals surface area contributed by atoms with E-state index in [0.29, 0.717) is 34.4 Å². The Bertz CT molecular complexity index is 1100. The molecule has 154 valence electrons. The maximum Gasteiger partial charge on any atom is 0.251 e. The van der Waals surface area contributed by atoms with E-state index in [1.165, 1.54) is 0 Å². The van der Waals surface area contributed by atoms with Gasteiger partial charge in [-0.25, -0.2) is 0 Å². The zero-order valence-electron chi connectivity index (χ0n) is 16.6. The molecule has 1 aliphatic heterocycles. The third kappa shape index (κ3) is 4.21. The number of anilines is 1. The van der Waals surface area contributed by atoms with Gasteiger partial charge >= 0.3 is 0 Å². The molecule has 0 saturated carbocycles. The molecule has 7 nitrogen and oxygen atoms in total. The smallest absolute Gasteiger partial charge is 0.251 e. The molecule has 0 radical (unpaired) electrons. The van der Waals surface area contributed by atoms with Crippen LogP contribution in [-0.2, 0) is 4.79 Å². The highest BCUT2D eigenvalue weighted by atomic mass is 35.5. The number of halogens is 1. The zero-order valence-corrected chi connectivity index (χ0v) is 17.4. The number of rotatable bonds is 5. The van der Waals surface area contributed by atoms with Crippen LogP contribution in [0.15, 0.2) is 53.1 Å². The molecule has 8 heteroatoms. The Hall–Kier alpha value is -3.19. The lowest BCUT2D eigenvalue weighted by Crippen LogP contribution is -2.30. The van der Waals surface area contributed by atoms with Crippen LogP contribution in [0.4, 0.5) is 5.69 Å². The molecule has 1 fully saturated rings. The molecule has 2 heterocycles. The number of nitrogens with zero attached hydrogens (tertiary/aromatic N) is 3. The van der Waals surface area contributed by atoms with E-state index < -0.39 is 0 Å². The molecule has 0 bridgehead atoms. The van der Waals surface area contributed by atoms with Gasteiger partial charge in [0.15, 0.2) is 0 Å². The molecule has 4 rings (SSSR count). The third-order valence-corrected chi connectivity index (χ3v) is 5.07. The average molecular weight is 425 g/mol. The number of nitrogens with one attached hydrogen (secondary N) is 1. The van der Waals surface area contributed by atoms with Crippen molar-refractivity contribution in [2.75, 3.05) is 11.4 Å². The summed E-state index contributed by atoms with van der Waals surface area (Å²) in [5.41, 5.74) is 1.95. The summed E-state index contributed by atoms with van der Waals surface area (Å²) in [7, 11) is 0. The van der Waals surface area contributed by atoms with Gasteiger partial charge in [-0.15, -0.1) is 0 Å². The highest BCUT2D eigenvalue weighted by Gasteiger charge is 2.35. The van der Waals surface area contributed by atoms with Gasteiger partial charge in [0.05, 0.1) is 5.92 Å². The minimum Gasteiger partial charge on any atom is -0.350 e. The van der Waals surface area contributed by atoms with Crippen LogP contribution in [0, 0.1) is 0 Å². The number of hydrogen-bond acceptors (Lipinski definition) is 5. The molecule has 3 aromatic rings. The van der Waals surface area contributed by atoms with E-state index in [4.69, 9.17) is 16.1 Å². The van der Waals surface area contributed by atoms with Crippen LogP contribution in [0.25, 0.3) is 11.4 Å². The molecule has 0 aliphatic carbocycles. The number of aromatic nitrogens is 2. The van der Waals surface area contributed by atoms with Crippen molar-refractivity contribution in [3.8, 4) is 11.4 Å². The van der Waals surface area contributed by atoms with Crippen LogP contribution in [0.5, 0.6) is 0 Å². The van der Waals surface area contributed by atoms with Gasteiger partial charge in [0.25, 0.3) is 5.91 Å². The number of carbonyl (C=O) groups excluding carboxylic acids is 2. The number of carbonyl (C=O) groups is 2. The second kappa shape index (κ2) is 8.28. The van der Waals surface area contributed by atoms with Crippen molar-refractivity contribution < 1.29 is 14.1 Å². The Morgan fingerprint density at radius 3 is 2.80 bits per heavy atom. The van der Waals surface area contributed by atoms with Gasteiger partial charge in [0.1, 0.15) is 0 Å². The quantitative estimate of drug-likeness (QED) is 0.667. The van der Waals surface area contributed by atoms with Crippen molar-refractivity contribution in [2.45, 2.75) is 32.2 Å². The van der Waals surface area contributed by atoms with E-state index in [9.17, 15) is 9.59 Å². The van der Waals surface area contributed by atoms with Crippen molar-refractivity contribution in [1.82, 2.24) is 15.5 Å². The van der Waals surface area contributed by atoms with Gasteiger partial charge in [0, 0.05) is 40.8 Å². The minimum atomic E-state index is -0.204. The van der Waals surface area contributed by atoms with Gasteiger partial charge in [0.2, 0.25) is 17.6 Å². The monoisotopic (exact) mass is 424 g/mol. The number of hydrogen-bond donors (Lipinski definition) is 1. The first-order valence-electron chi connectivity index (χ1n) is 9.71. The normalized spacial score (nSPS) is 16.3. The Kier molecular flexibility index (Phi) is 5.55. The lowest BCUT2D eigenvalue weighted by molar-refractivity contribution is -0.117. The van der Waals surface area contributed by atoms with Crippen molar-refractivity contribution in [2.24, 2.45) is 0 Å². The molecular formula is C22H21ClN4O3. The fourth-order valence-electron chi connectivity index (χ4n) is 3.43. The van der Waals surface area contributed by atoms with Crippen molar-refractivity contribution >= 4 is 29.1 Å². The molecule has 0 unspecified atom stereocenters. The fourth-order valence-corrected chi connectivity index (χ4v) is 3.61. The fraction of sp³-hybridized carbons (Fsp3) is 0.273. The summed E-state index contributed by atoms with van der Waals surface area (Å²) in [6, 6.07) is 14.3. The van der Waals surface area contributed by atoms with Crippen LogP contribution in [0.2, 0.25) is 5.02 Å². The van der Waals surface area contributed by atoms with E-state index in [2.05, 4.69) is 15.5 Å². The van der Waals surface area contributed by atoms with Crippen LogP contribution in [0.1, 0.15) is 42.4 Å². The average Bonchev–Trinajstić information content (AvgIpc) is 3.34. The zero-order chi connectivity index (χ0) is 21.3. The first kappa shape index (κ1) is 20.1. The largest absolute Gasteiger partial charge is 0.350 e. The lowest BCUT2D eigenvalue weighted by atomic mass is 10.1. The third-order valence-electron chi connectivity index (χ3n) is 4.84. The maximum atomic E-state index is 12.5. The van der Waals surface area contributed by atoms with Crippen molar-refractivity contribution in [3.05, 3.63) is 65.0 Å². The molecule has 2 aromatic carbocycles. The second-order valence-electron chi connectivity index (χ2n) is 7.55. The predicted molar refractivity (Wildman–Crippen MR) is 113 cm³/mol. The van der Waals surface area contributed by atoms with Crippen LogP contribution >= 0.6 is 11.6 Å². The van der Waals surface area contributed by atoms with Gasteiger partial charge in [-0.05, 0) is 44.2 Å². The van der Waals surface area contributed by atoms with E-state index in [0.717, 1.165) is 5.69 Å². The molecule has 1 saturated heterocycles. The summed E-state index contributed by atoms with van der Waals surface area (Å²) in [5, 5.41) is 7.50. The summed E-state index contributed by atoms with van der Waals surface area (Å²) in [5.74, 6) is 0.409. The predicted octanol–water partition coefficient (Wildman–Crippen LogP) is 4.05. The van der Waals surface area contributed by atoms with Gasteiger partial charge in [-0.3, -0.25) is 9.59 Å². The van der Waals surface area contributed by atoms with Crippen molar-refractivity contribution in [1.29, 1.82) is 0 Å². The Balaban J connectivity index is 1.52. The second-order valence-corrected chi connectivity index (χ2v) is 7.99. The summed E-state index contributed by atoms with van der Waals surface area (Å²) in [4.78, 5) is 30.9. The van der Waals surface area contributed by atoms with Gasteiger partial charge < -0.3 is 14.7 Å².